The quantitative estimate of drug-likeness (QED) is 0.166. The van der Waals surface area contributed by atoms with Crippen LogP contribution in [0.5, 0.6) is 0 Å². The van der Waals surface area contributed by atoms with Crippen LogP contribution in [0.1, 0.15) is 22.3 Å². The van der Waals surface area contributed by atoms with E-state index in [0.717, 1.165) is 17.1 Å². The Bertz CT molecular complexity index is 2830. The van der Waals surface area contributed by atoms with Crippen molar-refractivity contribution in [3.63, 3.8) is 0 Å². The van der Waals surface area contributed by atoms with E-state index in [9.17, 15) is 0 Å². The molecule has 0 radical (unpaired) electrons. The minimum atomic E-state index is -0.438. The minimum Gasteiger partial charge on any atom is -0.310 e. The van der Waals surface area contributed by atoms with Crippen LogP contribution in [0.2, 0.25) is 0 Å². The fourth-order valence-electron chi connectivity index (χ4n) is 9.58. The van der Waals surface area contributed by atoms with Crippen molar-refractivity contribution < 1.29 is 0 Å². The Balaban J connectivity index is 1.20. The lowest BCUT2D eigenvalue weighted by Crippen LogP contribution is -2.26. The molecule has 9 aromatic rings. The van der Waals surface area contributed by atoms with Gasteiger partial charge < -0.3 is 4.90 Å². The van der Waals surface area contributed by atoms with Crippen molar-refractivity contribution in [2.45, 2.75) is 5.41 Å². The highest BCUT2D eigenvalue weighted by molar-refractivity contribution is 5.99. The molecule has 56 heavy (non-hydrogen) atoms. The molecule has 9 aromatic carbocycles. The summed E-state index contributed by atoms with van der Waals surface area (Å²) < 4.78 is 0. The molecule has 0 saturated heterocycles. The molecular weight excluding hydrogens is 675 g/mol. The molecule has 1 heteroatoms. The van der Waals surface area contributed by atoms with Gasteiger partial charge in [0.2, 0.25) is 0 Å². The van der Waals surface area contributed by atoms with E-state index < -0.39 is 5.41 Å². The number of rotatable bonds is 6. The van der Waals surface area contributed by atoms with E-state index in [0.29, 0.717) is 0 Å². The van der Waals surface area contributed by atoms with Gasteiger partial charge in [0, 0.05) is 16.9 Å². The molecule has 0 bridgehead atoms. The maximum Gasteiger partial charge on any atom is 0.0726 e. The fourth-order valence-corrected chi connectivity index (χ4v) is 9.58. The second-order valence-corrected chi connectivity index (χ2v) is 14.8. The molecule has 0 unspecified atom stereocenters. The predicted octanol–water partition coefficient (Wildman–Crippen LogP) is 14.5. The molecule has 0 N–H and O–H groups in total. The number of benzene rings is 9. The summed E-state index contributed by atoms with van der Waals surface area (Å²) in [5, 5.41) is 0. The summed E-state index contributed by atoms with van der Waals surface area (Å²) in [6.45, 7) is 0. The van der Waals surface area contributed by atoms with Crippen LogP contribution in [0.3, 0.4) is 0 Å². The molecule has 2 aliphatic carbocycles. The standard InChI is InChI=1S/C55H37N/c1-4-17-38(18-5-1)39-31-33-42(34-32-39)56(53-30-16-26-44(40-19-6-2-7-20-40)54(53)41-21-8-3-9-22-41)43-35-36-48-47-25-12-15-29-51(47)55(52(48)37-43)49-27-13-10-23-45(49)46-24-11-14-28-50(46)55/h1-37H. The van der Waals surface area contributed by atoms with Crippen LogP contribution < -0.4 is 4.90 Å². The van der Waals surface area contributed by atoms with Gasteiger partial charge >= 0.3 is 0 Å². The van der Waals surface area contributed by atoms with Crippen LogP contribution in [-0.2, 0) is 5.41 Å². The van der Waals surface area contributed by atoms with Crippen molar-refractivity contribution in [1.29, 1.82) is 0 Å². The first-order valence-corrected chi connectivity index (χ1v) is 19.4. The van der Waals surface area contributed by atoms with Crippen molar-refractivity contribution in [3.8, 4) is 55.6 Å². The summed E-state index contributed by atoms with van der Waals surface area (Å²) in [6, 6.07) is 82.5. The molecule has 262 valence electrons. The Labute approximate surface area is 328 Å². The Hall–Kier alpha value is -7.22. The maximum atomic E-state index is 2.49. The monoisotopic (exact) mass is 711 g/mol. The first-order valence-electron chi connectivity index (χ1n) is 19.4. The van der Waals surface area contributed by atoms with Crippen LogP contribution in [0.4, 0.5) is 17.1 Å². The van der Waals surface area contributed by atoms with E-state index in [1.807, 2.05) is 0 Å². The third-order valence-corrected chi connectivity index (χ3v) is 11.9. The van der Waals surface area contributed by atoms with E-state index in [4.69, 9.17) is 0 Å². The Kier molecular flexibility index (Phi) is 7.47. The first-order chi connectivity index (χ1) is 27.8. The Morgan fingerprint density at radius 3 is 1.27 bits per heavy atom. The van der Waals surface area contributed by atoms with Crippen LogP contribution in [0.15, 0.2) is 224 Å². The number of anilines is 3. The van der Waals surface area contributed by atoms with Gasteiger partial charge in [0.25, 0.3) is 0 Å². The smallest absolute Gasteiger partial charge is 0.0726 e. The molecule has 11 rings (SSSR count). The molecule has 0 aliphatic heterocycles. The van der Waals surface area contributed by atoms with Crippen molar-refractivity contribution in [2.24, 2.45) is 0 Å². The molecule has 0 heterocycles. The maximum absolute atomic E-state index is 2.49. The molecule has 1 nitrogen and oxygen atoms in total. The zero-order valence-corrected chi connectivity index (χ0v) is 30.8. The zero-order valence-electron chi connectivity index (χ0n) is 30.8. The number of nitrogens with zero attached hydrogens (tertiary/aromatic N) is 1. The van der Waals surface area contributed by atoms with Crippen molar-refractivity contribution in [3.05, 3.63) is 247 Å². The van der Waals surface area contributed by atoms with Gasteiger partial charge in [-0.05, 0) is 103 Å². The molecule has 0 fully saturated rings. The summed E-state index contributed by atoms with van der Waals surface area (Å²) in [5.41, 5.74) is 20.6. The molecule has 0 amide bonds. The number of hydrogen-bond donors (Lipinski definition) is 0. The van der Waals surface area contributed by atoms with Crippen LogP contribution in [0, 0.1) is 0 Å². The molecule has 0 atom stereocenters. The van der Waals surface area contributed by atoms with Crippen molar-refractivity contribution >= 4 is 17.1 Å². The third kappa shape index (κ3) is 4.81. The van der Waals surface area contributed by atoms with E-state index >= 15 is 0 Å². The third-order valence-electron chi connectivity index (χ3n) is 11.9. The summed E-state index contributed by atoms with van der Waals surface area (Å²) in [4.78, 5) is 2.48. The van der Waals surface area contributed by atoms with E-state index in [2.05, 4.69) is 229 Å². The van der Waals surface area contributed by atoms with Gasteiger partial charge in [-0.15, -0.1) is 0 Å². The SMILES string of the molecule is c1ccc(-c2ccc(N(c3ccc4c(c3)C3(c5ccccc5-c5ccccc53)c3ccccc3-4)c3cccc(-c4ccccc4)c3-c3ccccc3)cc2)cc1. The minimum absolute atomic E-state index is 0.438. The topological polar surface area (TPSA) is 3.24 Å². The average molecular weight is 712 g/mol. The van der Waals surface area contributed by atoms with Crippen molar-refractivity contribution in [2.75, 3.05) is 4.90 Å². The first kappa shape index (κ1) is 32.2. The van der Waals surface area contributed by atoms with Gasteiger partial charge in [0.05, 0.1) is 11.1 Å². The second-order valence-electron chi connectivity index (χ2n) is 14.8. The van der Waals surface area contributed by atoms with Crippen LogP contribution >= 0.6 is 0 Å². The zero-order chi connectivity index (χ0) is 37.1. The van der Waals surface area contributed by atoms with Gasteiger partial charge in [-0.2, -0.15) is 0 Å². The summed E-state index contributed by atoms with van der Waals surface area (Å²) in [5.74, 6) is 0. The summed E-state index contributed by atoms with van der Waals surface area (Å²) >= 11 is 0. The molecule has 0 saturated carbocycles. The van der Waals surface area contributed by atoms with Gasteiger partial charge in [0.15, 0.2) is 0 Å². The highest BCUT2D eigenvalue weighted by Crippen LogP contribution is 2.63. The second kappa shape index (κ2) is 13.0. The van der Waals surface area contributed by atoms with E-state index in [1.165, 1.54) is 77.9 Å². The molecule has 0 aromatic heterocycles. The van der Waals surface area contributed by atoms with Gasteiger partial charge in [0.1, 0.15) is 0 Å². The van der Waals surface area contributed by atoms with Gasteiger partial charge in [-0.1, -0.05) is 194 Å². The fraction of sp³-hybridized carbons (Fsp3) is 0.0182. The predicted molar refractivity (Wildman–Crippen MR) is 234 cm³/mol. The lowest BCUT2D eigenvalue weighted by molar-refractivity contribution is 0.793. The van der Waals surface area contributed by atoms with Gasteiger partial charge in [-0.3, -0.25) is 0 Å². The highest BCUT2D eigenvalue weighted by atomic mass is 15.1. The summed E-state index contributed by atoms with van der Waals surface area (Å²) in [7, 11) is 0. The van der Waals surface area contributed by atoms with Crippen molar-refractivity contribution in [1.82, 2.24) is 0 Å². The highest BCUT2D eigenvalue weighted by Gasteiger charge is 2.51. The van der Waals surface area contributed by atoms with E-state index in [-0.39, 0.29) is 0 Å². The van der Waals surface area contributed by atoms with Gasteiger partial charge in [-0.25, -0.2) is 0 Å². The normalized spacial score (nSPS) is 12.8. The average Bonchev–Trinajstić information content (AvgIpc) is 3.75. The molecule has 2 aliphatic rings. The number of hydrogen-bond acceptors (Lipinski definition) is 1. The molecular formula is C55H37N. The summed E-state index contributed by atoms with van der Waals surface area (Å²) in [6.07, 6.45) is 0. The Morgan fingerprint density at radius 1 is 0.268 bits per heavy atom. The largest absolute Gasteiger partial charge is 0.310 e. The van der Waals surface area contributed by atoms with E-state index in [1.54, 1.807) is 0 Å². The van der Waals surface area contributed by atoms with Crippen LogP contribution in [-0.4, -0.2) is 0 Å². The lowest BCUT2D eigenvalue weighted by Gasteiger charge is -2.33. The lowest BCUT2D eigenvalue weighted by atomic mass is 9.70. The number of fused-ring (bicyclic) bond motifs is 10. The Morgan fingerprint density at radius 2 is 0.696 bits per heavy atom. The molecule has 1 spiro atoms. The van der Waals surface area contributed by atoms with Crippen LogP contribution in [0.25, 0.3) is 55.6 Å².